The standard InChI is InChI=1S/C12H20N4O/c1-15-5-7-16(8-6-15)12-10(11(13)9-17)3-2-4-14-12/h2-4,11,17H,5-9,13H2,1H3. The van der Waals surface area contributed by atoms with E-state index < -0.39 is 0 Å². The number of likely N-dealkylation sites (N-methyl/N-ethyl adjacent to an activating group) is 1. The number of nitrogens with zero attached hydrogens (tertiary/aromatic N) is 3. The van der Waals surface area contributed by atoms with Crippen molar-refractivity contribution < 1.29 is 5.11 Å². The molecule has 17 heavy (non-hydrogen) atoms. The van der Waals surface area contributed by atoms with Gasteiger partial charge in [0, 0.05) is 37.9 Å². The van der Waals surface area contributed by atoms with Crippen LogP contribution in [0.5, 0.6) is 0 Å². The van der Waals surface area contributed by atoms with Gasteiger partial charge in [-0.25, -0.2) is 4.98 Å². The van der Waals surface area contributed by atoms with Crippen LogP contribution < -0.4 is 10.6 Å². The second kappa shape index (κ2) is 5.44. The van der Waals surface area contributed by atoms with Crippen LogP contribution >= 0.6 is 0 Å². The summed E-state index contributed by atoms with van der Waals surface area (Å²) in [6.07, 6.45) is 1.78. The van der Waals surface area contributed by atoms with E-state index in [1.807, 2.05) is 12.1 Å². The molecule has 1 fully saturated rings. The summed E-state index contributed by atoms with van der Waals surface area (Å²) in [5.41, 5.74) is 6.83. The van der Waals surface area contributed by atoms with Crippen molar-refractivity contribution in [3.05, 3.63) is 23.9 Å². The van der Waals surface area contributed by atoms with E-state index in [9.17, 15) is 5.11 Å². The summed E-state index contributed by atoms with van der Waals surface area (Å²) in [5.74, 6) is 0.919. The lowest BCUT2D eigenvalue weighted by Crippen LogP contribution is -2.45. The number of pyridine rings is 1. The Morgan fingerprint density at radius 3 is 2.76 bits per heavy atom. The van der Waals surface area contributed by atoms with E-state index in [2.05, 4.69) is 21.8 Å². The third kappa shape index (κ3) is 2.74. The van der Waals surface area contributed by atoms with Gasteiger partial charge in [0.2, 0.25) is 0 Å². The van der Waals surface area contributed by atoms with Gasteiger partial charge in [0.05, 0.1) is 12.6 Å². The van der Waals surface area contributed by atoms with Crippen molar-refractivity contribution in [2.75, 3.05) is 44.7 Å². The summed E-state index contributed by atoms with van der Waals surface area (Å²) >= 11 is 0. The lowest BCUT2D eigenvalue weighted by molar-refractivity contribution is 0.267. The van der Waals surface area contributed by atoms with Crippen LogP contribution in [0.25, 0.3) is 0 Å². The molecule has 0 radical (unpaired) electrons. The summed E-state index contributed by atoms with van der Waals surface area (Å²) in [4.78, 5) is 8.95. The smallest absolute Gasteiger partial charge is 0.133 e. The Morgan fingerprint density at radius 2 is 2.12 bits per heavy atom. The first-order valence-electron chi connectivity index (χ1n) is 5.97. The maximum atomic E-state index is 9.17. The van der Waals surface area contributed by atoms with Crippen molar-refractivity contribution in [1.29, 1.82) is 0 Å². The van der Waals surface area contributed by atoms with Crippen molar-refractivity contribution in [3.8, 4) is 0 Å². The van der Waals surface area contributed by atoms with E-state index in [4.69, 9.17) is 5.73 Å². The van der Waals surface area contributed by atoms with Gasteiger partial charge in [0.15, 0.2) is 0 Å². The number of rotatable bonds is 3. The topological polar surface area (TPSA) is 65.6 Å². The van der Waals surface area contributed by atoms with Crippen molar-refractivity contribution >= 4 is 5.82 Å². The molecule has 1 atom stereocenters. The van der Waals surface area contributed by atoms with Crippen LogP contribution in [0.15, 0.2) is 18.3 Å². The second-order valence-electron chi connectivity index (χ2n) is 4.50. The lowest BCUT2D eigenvalue weighted by Gasteiger charge is -2.34. The van der Waals surface area contributed by atoms with E-state index in [1.165, 1.54) is 0 Å². The first-order valence-corrected chi connectivity index (χ1v) is 5.97. The Labute approximate surface area is 102 Å². The molecule has 0 aromatic carbocycles. The minimum absolute atomic E-state index is 0.0492. The van der Waals surface area contributed by atoms with Gasteiger partial charge in [0.25, 0.3) is 0 Å². The van der Waals surface area contributed by atoms with Crippen molar-refractivity contribution in [3.63, 3.8) is 0 Å². The van der Waals surface area contributed by atoms with Crippen LogP contribution in [0.2, 0.25) is 0 Å². The molecule has 1 aliphatic heterocycles. The molecule has 1 saturated heterocycles. The molecule has 5 heteroatoms. The molecule has 2 heterocycles. The van der Waals surface area contributed by atoms with Crippen molar-refractivity contribution in [1.82, 2.24) is 9.88 Å². The Hall–Kier alpha value is -1.17. The van der Waals surface area contributed by atoms with Gasteiger partial charge < -0.3 is 20.6 Å². The van der Waals surface area contributed by atoms with Crippen molar-refractivity contribution in [2.24, 2.45) is 5.73 Å². The third-order valence-electron chi connectivity index (χ3n) is 3.22. The molecule has 5 nitrogen and oxygen atoms in total. The molecule has 0 bridgehead atoms. The number of piperazine rings is 1. The van der Waals surface area contributed by atoms with E-state index >= 15 is 0 Å². The second-order valence-corrected chi connectivity index (χ2v) is 4.50. The number of hydrogen-bond donors (Lipinski definition) is 2. The van der Waals surface area contributed by atoms with Gasteiger partial charge in [-0.05, 0) is 13.1 Å². The number of aliphatic hydroxyl groups is 1. The van der Waals surface area contributed by atoms with Crippen LogP contribution in [0.3, 0.4) is 0 Å². The van der Waals surface area contributed by atoms with E-state index in [0.717, 1.165) is 37.6 Å². The Morgan fingerprint density at radius 1 is 1.41 bits per heavy atom. The van der Waals surface area contributed by atoms with Gasteiger partial charge >= 0.3 is 0 Å². The Bertz CT molecular complexity index is 363. The molecular weight excluding hydrogens is 216 g/mol. The molecule has 1 aliphatic rings. The fraction of sp³-hybridized carbons (Fsp3) is 0.583. The number of hydrogen-bond acceptors (Lipinski definition) is 5. The third-order valence-corrected chi connectivity index (χ3v) is 3.22. The highest BCUT2D eigenvalue weighted by atomic mass is 16.3. The summed E-state index contributed by atoms with van der Waals surface area (Å²) in [6.45, 7) is 3.93. The van der Waals surface area contributed by atoms with Crippen molar-refractivity contribution in [2.45, 2.75) is 6.04 Å². The molecule has 94 valence electrons. The van der Waals surface area contributed by atoms with Gasteiger partial charge in [-0.15, -0.1) is 0 Å². The average molecular weight is 236 g/mol. The zero-order chi connectivity index (χ0) is 12.3. The monoisotopic (exact) mass is 236 g/mol. The largest absolute Gasteiger partial charge is 0.394 e. The quantitative estimate of drug-likeness (QED) is 0.762. The van der Waals surface area contributed by atoms with Crippen LogP contribution in [-0.4, -0.2) is 54.8 Å². The zero-order valence-electron chi connectivity index (χ0n) is 10.2. The van der Waals surface area contributed by atoms with Crippen LogP contribution in [0.4, 0.5) is 5.82 Å². The fourth-order valence-electron chi connectivity index (χ4n) is 2.08. The van der Waals surface area contributed by atoms with Crippen LogP contribution in [0, 0.1) is 0 Å². The number of aromatic nitrogens is 1. The molecular formula is C12H20N4O. The summed E-state index contributed by atoms with van der Waals surface area (Å²) < 4.78 is 0. The highest BCUT2D eigenvalue weighted by Crippen LogP contribution is 2.23. The number of anilines is 1. The number of nitrogens with two attached hydrogens (primary N) is 1. The highest BCUT2D eigenvalue weighted by Gasteiger charge is 2.20. The summed E-state index contributed by atoms with van der Waals surface area (Å²) in [5, 5.41) is 9.17. The van der Waals surface area contributed by atoms with Gasteiger partial charge in [0.1, 0.15) is 5.82 Å². The summed E-state index contributed by atoms with van der Waals surface area (Å²) in [6, 6.07) is 3.46. The van der Waals surface area contributed by atoms with E-state index in [0.29, 0.717) is 0 Å². The molecule has 0 spiro atoms. The normalized spacial score (nSPS) is 19.4. The van der Waals surface area contributed by atoms with E-state index in [-0.39, 0.29) is 12.6 Å². The van der Waals surface area contributed by atoms with Gasteiger partial charge in [-0.3, -0.25) is 0 Å². The molecule has 0 aliphatic carbocycles. The zero-order valence-corrected chi connectivity index (χ0v) is 10.2. The van der Waals surface area contributed by atoms with Gasteiger partial charge in [-0.2, -0.15) is 0 Å². The summed E-state index contributed by atoms with van der Waals surface area (Å²) in [7, 11) is 2.12. The van der Waals surface area contributed by atoms with E-state index in [1.54, 1.807) is 6.20 Å². The Kier molecular flexibility index (Phi) is 3.93. The molecule has 0 amide bonds. The average Bonchev–Trinajstić information content (AvgIpc) is 2.39. The minimum Gasteiger partial charge on any atom is -0.394 e. The fourth-order valence-corrected chi connectivity index (χ4v) is 2.08. The maximum absolute atomic E-state index is 9.17. The first kappa shape index (κ1) is 12.3. The first-order chi connectivity index (χ1) is 8.22. The molecule has 3 N–H and O–H groups in total. The van der Waals surface area contributed by atoms with Gasteiger partial charge in [-0.1, -0.05) is 6.07 Å². The van der Waals surface area contributed by atoms with Crippen LogP contribution in [0.1, 0.15) is 11.6 Å². The highest BCUT2D eigenvalue weighted by molar-refractivity contribution is 5.48. The SMILES string of the molecule is CN1CCN(c2ncccc2C(N)CO)CC1. The predicted octanol–water partition coefficient (Wildman–Crippen LogP) is -0.175. The van der Waals surface area contributed by atoms with Crippen LogP contribution in [-0.2, 0) is 0 Å². The molecule has 2 rings (SSSR count). The minimum atomic E-state index is -0.349. The molecule has 0 saturated carbocycles. The molecule has 1 aromatic heterocycles. The predicted molar refractivity (Wildman–Crippen MR) is 68.0 cm³/mol. The Balaban J connectivity index is 2.19. The molecule has 1 unspecified atom stereocenters. The molecule has 1 aromatic rings. The lowest BCUT2D eigenvalue weighted by atomic mass is 10.1. The number of aliphatic hydroxyl groups excluding tert-OH is 1. The maximum Gasteiger partial charge on any atom is 0.133 e.